The van der Waals surface area contributed by atoms with Crippen LogP contribution >= 0.6 is 0 Å². The molecular weight excluding hydrogens is 468 g/mol. The Hall–Kier alpha value is -3.47. The van der Waals surface area contributed by atoms with Gasteiger partial charge < -0.3 is 9.88 Å². The summed E-state index contributed by atoms with van der Waals surface area (Å²) in [5.74, 6) is 0.758. The van der Waals surface area contributed by atoms with E-state index in [1.807, 2.05) is 30.5 Å². The molecule has 5 nitrogen and oxygen atoms in total. The number of benzene rings is 1. The largest absolute Gasteiger partial charge is 0.350 e. The van der Waals surface area contributed by atoms with Crippen molar-refractivity contribution in [1.29, 1.82) is 0 Å². The lowest BCUT2D eigenvalue weighted by atomic mass is 9.82. The zero-order valence-corrected chi connectivity index (χ0v) is 22.6. The lowest BCUT2D eigenvalue weighted by Crippen LogP contribution is -2.35. The van der Waals surface area contributed by atoms with Gasteiger partial charge in [-0.15, -0.1) is 0 Å². The van der Waals surface area contributed by atoms with Crippen LogP contribution in [0.2, 0.25) is 0 Å². The van der Waals surface area contributed by atoms with Crippen LogP contribution in [0.1, 0.15) is 76.4 Å². The molecule has 0 bridgehead atoms. The molecule has 1 aliphatic carbocycles. The molecule has 5 heteroatoms. The highest BCUT2D eigenvalue weighted by Crippen LogP contribution is 2.35. The molecule has 198 valence electrons. The lowest BCUT2D eigenvalue weighted by Gasteiger charge is -2.26. The summed E-state index contributed by atoms with van der Waals surface area (Å²) in [5, 5.41) is 4.41. The summed E-state index contributed by atoms with van der Waals surface area (Å²) in [6.07, 6.45) is 16.3. The zero-order chi connectivity index (χ0) is 26.2. The summed E-state index contributed by atoms with van der Waals surface area (Å²) < 4.78 is 2.33. The molecule has 0 aliphatic heterocycles. The number of nitrogens with zero attached hydrogens (tertiary/aromatic N) is 3. The van der Waals surface area contributed by atoms with Gasteiger partial charge >= 0.3 is 0 Å². The first kappa shape index (κ1) is 26.1. The maximum Gasteiger partial charge on any atom is 0.223 e. The minimum atomic E-state index is 0.0726. The van der Waals surface area contributed by atoms with E-state index in [0.717, 1.165) is 30.6 Å². The van der Waals surface area contributed by atoms with E-state index in [1.165, 1.54) is 55.0 Å². The Kier molecular flexibility index (Phi) is 8.85. The van der Waals surface area contributed by atoms with E-state index in [4.69, 9.17) is 4.98 Å². The third kappa shape index (κ3) is 6.32. The standard InChI is InChI=1S/C33H40N4O/c1-25(37-24-31(27-16-7-4-8-17-27)30-20-12-22-35-32(30)37)13-11-19-29(26-14-5-2-3-6-15-26)33(38)36-23-28-18-9-10-21-34-28/h4,7-10,12,16-18,20-22,24-26,29H,2-3,5-6,11,13-15,19,23H2,1H3,(H,36,38). The minimum Gasteiger partial charge on any atom is -0.350 e. The van der Waals surface area contributed by atoms with Crippen molar-refractivity contribution in [1.82, 2.24) is 19.9 Å². The van der Waals surface area contributed by atoms with Gasteiger partial charge in [0.05, 0.1) is 12.2 Å². The van der Waals surface area contributed by atoms with E-state index in [-0.39, 0.29) is 11.8 Å². The lowest BCUT2D eigenvalue weighted by molar-refractivity contribution is -0.127. The van der Waals surface area contributed by atoms with Crippen LogP contribution in [0.15, 0.2) is 79.3 Å². The van der Waals surface area contributed by atoms with Gasteiger partial charge in [0, 0.05) is 41.5 Å². The number of pyridine rings is 2. The molecule has 1 fully saturated rings. The Morgan fingerprint density at radius 3 is 2.45 bits per heavy atom. The number of hydrogen-bond acceptors (Lipinski definition) is 3. The Balaban J connectivity index is 1.27. The Labute approximate surface area is 226 Å². The summed E-state index contributed by atoms with van der Waals surface area (Å²) in [4.78, 5) is 22.6. The van der Waals surface area contributed by atoms with Gasteiger partial charge in [-0.2, -0.15) is 0 Å². The van der Waals surface area contributed by atoms with Gasteiger partial charge in [-0.3, -0.25) is 9.78 Å². The molecule has 1 aliphatic rings. The van der Waals surface area contributed by atoms with Crippen molar-refractivity contribution in [2.45, 2.75) is 77.3 Å². The van der Waals surface area contributed by atoms with Gasteiger partial charge in [-0.25, -0.2) is 4.98 Å². The molecule has 2 unspecified atom stereocenters. The summed E-state index contributed by atoms with van der Waals surface area (Å²) in [7, 11) is 0. The van der Waals surface area contributed by atoms with Crippen LogP contribution in [-0.4, -0.2) is 20.4 Å². The number of amides is 1. The van der Waals surface area contributed by atoms with Crippen LogP contribution in [0.4, 0.5) is 0 Å². The van der Waals surface area contributed by atoms with Crippen LogP contribution < -0.4 is 5.32 Å². The summed E-state index contributed by atoms with van der Waals surface area (Å²) in [5.41, 5.74) is 4.39. The fourth-order valence-electron chi connectivity index (χ4n) is 6.14. The first-order chi connectivity index (χ1) is 18.7. The van der Waals surface area contributed by atoms with E-state index < -0.39 is 0 Å². The van der Waals surface area contributed by atoms with Crippen molar-refractivity contribution in [3.05, 3.63) is 84.9 Å². The Bertz CT molecular complexity index is 1290. The molecule has 1 aromatic carbocycles. The van der Waals surface area contributed by atoms with Gasteiger partial charge in [0.1, 0.15) is 5.65 Å². The molecule has 4 aromatic rings. The van der Waals surface area contributed by atoms with Crippen molar-refractivity contribution in [2.75, 3.05) is 0 Å². The molecule has 3 heterocycles. The maximum atomic E-state index is 13.5. The second kappa shape index (κ2) is 12.9. The first-order valence-electron chi connectivity index (χ1n) is 14.4. The summed E-state index contributed by atoms with van der Waals surface area (Å²) in [6, 6.07) is 20.9. The molecule has 5 rings (SSSR count). The van der Waals surface area contributed by atoms with Crippen molar-refractivity contribution >= 4 is 16.9 Å². The molecular formula is C33H40N4O. The minimum absolute atomic E-state index is 0.0726. The first-order valence-corrected chi connectivity index (χ1v) is 14.4. The fourth-order valence-corrected chi connectivity index (χ4v) is 6.14. The van der Waals surface area contributed by atoms with E-state index in [9.17, 15) is 4.79 Å². The van der Waals surface area contributed by atoms with Gasteiger partial charge in [0.25, 0.3) is 0 Å². The van der Waals surface area contributed by atoms with Crippen LogP contribution in [0, 0.1) is 11.8 Å². The number of carbonyl (C=O) groups excluding carboxylic acids is 1. The average Bonchev–Trinajstić information content (AvgIpc) is 3.15. The van der Waals surface area contributed by atoms with E-state index in [1.54, 1.807) is 6.20 Å². The topological polar surface area (TPSA) is 59.8 Å². The molecule has 0 spiro atoms. The zero-order valence-electron chi connectivity index (χ0n) is 22.6. The summed E-state index contributed by atoms with van der Waals surface area (Å²) in [6.45, 7) is 2.78. The van der Waals surface area contributed by atoms with Gasteiger partial charge in [0.15, 0.2) is 0 Å². The van der Waals surface area contributed by atoms with Crippen molar-refractivity contribution in [3.63, 3.8) is 0 Å². The fraction of sp³-hybridized carbons (Fsp3) is 0.424. The van der Waals surface area contributed by atoms with Crippen LogP contribution in [0.5, 0.6) is 0 Å². The number of hydrogen-bond donors (Lipinski definition) is 1. The molecule has 38 heavy (non-hydrogen) atoms. The quantitative estimate of drug-likeness (QED) is 0.223. The monoisotopic (exact) mass is 508 g/mol. The number of rotatable bonds is 10. The van der Waals surface area contributed by atoms with Crippen molar-refractivity contribution < 1.29 is 4.79 Å². The molecule has 1 N–H and O–H groups in total. The third-order valence-corrected chi connectivity index (χ3v) is 8.26. The van der Waals surface area contributed by atoms with Gasteiger partial charge in [-0.1, -0.05) is 68.5 Å². The highest BCUT2D eigenvalue weighted by atomic mass is 16.1. The number of aromatic nitrogens is 3. The van der Waals surface area contributed by atoms with Gasteiger partial charge in [-0.05, 0) is 68.4 Å². The number of nitrogens with one attached hydrogen (secondary N) is 1. The average molecular weight is 509 g/mol. The van der Waals surface area contributed by atoms with E-state index in [0.29, 0.717) is 18.5 Å². The SMILES string of the molecule is CC(CCCC(C(=O)NCc1ccccn1)C1CCCCCC1)n1cc(-c2ccccc2)c2cccnc21. The van der Waals surface area contributed by atoms with Crippen molar-refractivity contribution in [2.24, 2.45) is 11.8 Å². The smallest absolute Gasteiger partial charge is 0.223 e. The predicted octanol–water partition coefficient (Wildman–Crippen LogP) is 7.73. The highest BCUT2D eigenvalue weighted by Gasteiger charge is 2.28. The molecule has 1 amide bonds. The third-order valence-electron chi connectivity index (χ3n) is 8.26. The second-order valence-electron chi connectivity index (χ2n) is 10.9. The Morgan fingerprint density at radius 2 is 1.68 bits per heavy atom. The van der Waals surface area contributed by atoms with Crippen LogP contribution in [0.25, 0.3) is 22.2 Å². The summed E-state index contributed by atoms with van der Waals surface area (Å²) >= 11 is 0. The predicted molar refractivity (Wildman–Crippen MR) is 154 cm³/mol. The van der Waals surface area contributed by atoms with Crippen molar-refractivity contribution in [3.8, 4) is 11.1 Å². The molecule has 0 radical (unpaired) electrons. The molecule has 3 aromatic heterocycles. The normalized spacial score (nSPS) is 16.1. The Morgan fingerprint density at radius 1 is 0.921 bits per heavy atom. The van der Waals surface area contributed by atoms with Crippen LogP contribution in [0.3, 0.4) is 0 Å². The second-order valence-corrected chi connectivity index (χ2v) is 10.9. The number of carbonyl (C=O) groups is 1. The van der Waals surface area contributed by atoms with E-state index >= 15 is 0 Å². The molecule has 1 saturated carbocycles. The molecule has 0 saturated heterocycles. The highest BCUT2D eigenvalue weighted by molar-refractivity contribution is 5.94. The van der Waals surface area contributed by atoms with E-state index in [2.05, 4.69) is 64.4 Å². The van der Waals surface area contributed by atoms with Gasteiger partial charge in [0.2, 0.25) is 5.91 Å². The number of fused-ring (bicyclic) bond motifs is 1. The molecule has 2 atom stereocenters. The maximum absolute atomic E-state index is 13.5. The van der Waals surface area contributed by atoms with Crippen LogP contribution in [-0.2, 0) is 11.3 Å².